The van der Waals surface area contributed by atoms with Gasteiger partial charge in [-0.3, -0.25) is 0 Å². The molecule has 1 saturated carbocycles. The molecule has 0 radical (unpaired) electrons. The number of hydrogen-bond donors (Lipinski definition) is 0. The Kier molecular flexibility index (Phi) is 1.95. The van der Waals surface area contributed by atoms with Crippen LogP contribution < -0.4 is 0 Å². The molecule has 1 fully saturated rings. The van der Waals surface area contributed by atoms with Crippen LogP contribution in [0.4, 0.5) is 0 Å². The number of allylic oxidation sites excluding steroid dienone is 2. The van der Waals surface area contributed by atoms with Gasteiger partial charge in [0, 0.05) is 5.92 Å². The fourth-order valence-electron chi connectivity index (χ4n) is 0.762. The van der Waals surface area contributed by atoms with E-state index in [9.17, 15) is 0 Å². The van der Waals surface area contributed by atoms with Crippen molar-refractivity contribution in [2.45, 2.75) is 20.3 Å². The predicted molar refractivity (Wildman–Crippen MR) is 39.9 cm³/mol. The lowest BCUT2D eigenvalue weighted by molar-refractivity contribution is 0.917. The molecule has 0 aromatic carbocycles. The molecule has 0 bridgehead atoms. The molecule has 0 spiro atoms. The molecule has 1 aliphatic rings. The van der Waals surface area contributed by atoms with E-state index in [0.29, 0.717) is 5.92 Å². The first-order valence-corrected chi connectivity index (χ1v) is 3.47. The second-order valence-electron chi connectivity index (χ2n) is 2.61. The number of hydrogen-bond acceptors (Lipinski definition) is 0. The highest BCUT2D eigenvalue weighted by molar-refractivity contribution is 5.20. The second kappa shape index (κ2) is 2.73. The highest BCUT2D eigenvalue weighted by atomic mass is 14.3. The number of rotatable bonds is 0. The molecule has 0 aromatic heterocycles. The summed E-state index contributed by atoms with van der Waals surface area (Å²) >= 11 is 0. The molecule has 48 valence electrons. The van der Waals surface area contributed by atoms with Crippen LogP contribution in [0.15, 0.2) is 12.2 Å². The SMILES string of the molecule is C/C=C/C#CC1CC1C. The minimum Gasteiger partial charge on any atom is -0.0948 e. The summed E-state index contributed by atoms with van der Waals surface area (Å²) in [5.41, 5.74) is 0. The molecular formula is C9H12. The van der Waals surface area contributed by atoms with Crippen molar-refractivity contribution in [2.24, 2.45) is 11.8 Å². The Morgan fingerprint density at radius 3 is 2.67 bits per heavy atom. The van der Waals surface area contributed by atoms with E-state index in [0.717, 1.165) is 5.92 Å². The van der Waals surface area contributed by atoms with Gasteiger partial charge in [0.15, 0.2) is 0 Å². The fraction of sp³-hybridized carbons (Fsp3) is 0.556. The van der Waals surface area contributed by atoms with Crippen LogP contribution >= 0.6 is 0 Å². The molecule has 0 aromatic rings. The summed E-state index contributed by atoms with van der Waals surface area (Å²) in [5.74, 6) is 7.74. The maximum absolute atomic E-state index is 3.17. The van der Waals surface area contributed by atoms with E-state index in [2.05, 4.69) is 18.8 Å². The van der Waals surface area contributed by atoms with Crippen molar-refractivity contribution in [1.82, 2.24) is 0 Å². The lowest BCUT2D eigenvalue weighted by Gasteiger charge is -1.72. The molecule has 0 nitrogen and oxygen atoms in total. The highest BCUT2D eigenvalue weighted by Gasteiger charge is 2.30. The molecule has 2 atom stereocenters. The molecule has 0 saturated heterocycles. The molecular weight excluding hydrogens is 108 g/mol. The summed E-state index contributed by atoms with van der Waals surface area (Å²) in [5, 5.41) is 0. The van der Waals surface area contributed by atoms with Gasteiger partial charge in [0.05, 0.1) is 0 Å². The lowest BCUT2D eigenvalue weighted by atomic mass is 10.3. The summed E-state index contributed by atoms with van der Waals surface area (Å²) in [4.78, 5) is 0. The van der Waals surface area contributed by atoms with Gasteiger partial charge in [-0.05, 0) is 25.3 Å². The third kappa shape index (κ3) is 1.93. The first-order chi connectivity index (χ1) is 4.34. The summed E-state index contributed by atoms with van der Waals surface area (Å²) < 4.78 is 0. The summed E-state index contributed by atoms with van der Waals surface area (Å²) in [7, 11) is 0. The normalized spacial score (nSPS) is 31.8. The van der Waals surface area contributed by atoms with Gasteiger partial charge in [-0.1, -0.05) is 24.8 Å². The molecule has 1 rings (SSSR count). The minimum absolute atomic E-state index is 0.709. The Bertz CT molecular complexity index is 166. The minimum atomic E-state index is 0.709. The van der Waals surface area contributed by atoms with E-state index in [4.69, 9.17) is 0 Å². The van der Waals surface area contributed by atoms with E-state index in [1.807, 2.05) is 19.1 Å². The van der Waals surface area contributed by atoms with Crippen molar-refractivity contribution >= 4 is 0 Å². The molecule has 0 heterocycles. The van der Waals surface area contributed by atoms with E-state index < -0.39 is 0 Å². The Hall–Kier alpha value is -0.700. The zero-order valence-electron chi connectivity index (χ0n) is 6.02. The van der Waals surface area contributed by atoms with Gasteiger partial charge in [0.25, 0.3) is 0 Å². The Morgan fingerprint density at radius 2 is 2.22 bits per heavy atom. The summed E-state index contributed by atoms with van der Waals surface area (Å²) in [6.07, 6.45) is 5.19. The second-order valence-corrected chi connectivity index (χ2v) is 2.61. The van der Waals surface area contributed by atoms with E-state index in [1.54, 1.807) is 0 Å². The van der Waals surface area contributed by atoms with Crippen molar-refractivity contribution in [3.63, 3.8) is 0 Å². The Balaban J connectivity index is 2.27. The summed E-state index contributed by atoms with van der Waals surface area (Å²) in [6, 6.07) is 0. The predicted octanol–water partition coefficient (Wildman–Crippen LogP) is 2.22. The Labute approximate surface area is 57.0 Å². The maximum Gasteiger partial charge on any atom is 0.0235 e. The van der Waals surface area contributed by atoms with Crippen molar-refractivity contribution < 1.29 is 0 Å². The third-order valence-electron chi connectivity index (χ3n) is 1.63. The summed E-state index contributed by atoms with van der Waals surface area (Å²) in [6.45, 7) is 4.24. The zero-order valence-corrected chi connectivity index (χ0v) is 6.02. The third-order valence-corrected chi connectivity index (χ3v) is 1.63. The maximum atomic E-state index is 3.17. The van der Waals surface area contributed by atoms with Crippen molar-refractivity contribution in [2.75, 3.05) is 0 Å². The molecule has 2 unspecified atom stereocenters. The van der Waals surface area contributed by atoms with Crippen LogP contribution in [-0.2, 0) is 0 Å². The highest BCUT2D eigenvalue weighted by Crippen LogP contribution is 2.36. The van der Waals surface area contributed by atoms with Crippen LogP contribution in [0.5, 0.6) is 0 Å². The zero-order chi connectivity index (χ0) is 6.69. The largest absolute Gasteiger partial charge is 0.0948 e. The Morgan fingerprint density at radius 1 is 1.56 bits per heavy atom. The average Bonchev–Trinajstić information content (AvgIpc) is 2.48. The quantitative estimate of drug-likeness (QED) is 0.430. The van der Waals surface area contributed by atoms with Crippen LogP contribution in [0.3, 0.4) is 0 Å². The van der Waals surface area contributed by atoms with Crippen LogP contribution in [0.2, 0.25) is 0 Å². The van der Waals surface area contributed by atoms with Gasteiger partial charge in [-0.15, -0.1) is 0 Å². The molecule has 1 aliphatic carbocycles. The van der Waals surface area contributed by atoms with Crippen molar-refractivity contribution in [3.05, 3.63) is 12.2 Å². The van der Waals surface area contributed by atoms with Crippen LogP contribution in [-0.4, -0.2) is 0 Å². The molecule has 0 N–H and O–H groups in total. The topological polar surface area (TPSA) is 0 Å². The van der Waals surface area contributed by atoms with Crippen LogP contribution in [0.25, 0.3) is 0 Å². The first kappa shape index (κ1) is 6.42. The van der Waals surface area contributed by atoms with Crippen LogP contribution in [0.1, 0.15) is 20.3 Å². The van der Waals surface area contributed by atoms with Gasteiger partial charge in [-0.2, -0.15) is 0 Å². The van der Waals surface area contributed by atoms with Crippen molar-refractivity contribution in [3.8, 4) is 11.8 Å². The lowest BCUT2D eigenvalue weighted by Crippen LogP contribution is -1.66. The fourth-order valence-corrected chi connectivity index (χ4v) is 0.762. The molecule has 0 aliphatic heterocycles. The molecule has 0 amide bonds. The van der Waals surface area contributed by atoms with E-state index in [1.165, 1.54) is 6.42 Å². The smallest absolute Gasteiger partial charge is 0.0235 e. The van der Waals surface area contributed by atoms with Crippen molar-refractivity contribution in [1.29, 1.82) is 0 Å². The van der Waals surface area contributed by atoms with Gasteiger partial charge in [0.1, 0.15) is 0 Å². The van der Waals surface area contributed by atoms with Gasteiger partial charge >= 0.3 is 0 Å². The van der Waals surface area contributed by atoms with Gasteiger partial charge in [-0.25, -0.2) is 0 Å². The first-order valence-electron chi connectivity index (χ1n) is 3.47. The average molecular weight is 120 g/mol. The van der Waals surface area contributed by atoms with Gasteiger partial charge < -0.3 is 0 Å². The monoisotopic (exact) mass is 120 g/mol. The van der Waals surface area contributed by atoms with Gasteiger partial charge in [0.2, 0.25) is 0 Å². The molecule has 0 heteroatoms. The standard InChI is InChI=1S/C9H12/c1-3-4-5-6-9-7-8(9)2/h3-4,8-9H,7H2,1-2H3/b4-3+. The molecule has 9 heavy (non-hydrogen) atoms. The van der Waals surface area contributed by atoms with E-state index in [-0.39, 0.29) is 0 Å². The van der Waals surface area contributed by atoms with Crippen LogP contribution in [0, 0.1) is 23.7 Å². The van der Waals surface area contributed by atoms with E-state index >= 15 is 0 Å².